The highest BCUT2D eigenvalue weighted by molar-refractivity contribution is 8.06. The summed E-state index contributed by atoms with van der Waals surface area (Å²) in [7, 11) is 0. The molecule has 2 aliphatic heterocycles. The molecule has 1 aliphatic carbocycles. The van der Waals surface area contributed by atoms with E-state index in [1.165, 1.54) is 36.5 Å². The van der Waals surface area contributed by atoms with Gasteiger partial charge in [-0.25, -0.2) is 0 Å². The summed E-state index contributed by atoms with van der Waals surface area (Å²) in [5, 5.41) is 7.35. The summed E-state index contributed by atoms with van der Waals surface area (Å²) < 4.78 is 0. The SMILES string of the molecule is Cl.O=C(NCC1CSCCS1)[C@@]12CCCC[C@H]1CNC2. The first-order valence-corrected chi connectivity index (χ1v) is 9.70. The fraction of sp³-hybridized carbons (Fsp3) is 0.929. The fourth-order valence-corrected chi connectivity index (χ4v) is 6.34. The monoisotopic (exact) mass is 336 g/mol. The molecule has 2 heterocycles. The predicted molar refractivity (Wildman–Crippen MR) is 91.1 cm³/mol. The van der Waals surface area contributed by atoms with Crippen molar-refractivity contribution in [1.29, 1.82) is 0 Å². The van der Waals surface area contributed by atoms with Gasteiger partial charge in [0, 0.05) is 35.6 Å². The third-order valence-electron chi connectivity index (χ3n) is 4.87. The van der Waals surface area contributed by atoms with E-state index in [9.17, 15) is 4.79 Å². The van der Waals surface area contributed by atoms with Crippen LogP contribution in [0, 0.1) is 11.3 Å². The van der Waals surface area contributed by atoms with E-state index in [1.54, 1.807) is 0 Å². The Morgan fingerprint density at radius 1 is 1.35 bits per heavy atom. The molecule has 0 bridgehead atoms. The zero-order valence-electron chi connectivity index (χ0n) is 11.9. The Balaban J connectivity index is 0.00000147. The third-order valence-corrected chi connectivity index (χ3v) is 7.71. The molecule has 0 spiro atoms. The van der Waals surface area contributed by atoms with E-state index >= 15 is 0 Å². The Labute approximate surface area is 136 Å². The second-order valence-electron chi connectivity index (χ2n) is 6.01. The maximum Gasteiger partial charge on any atom is 0.227 e. The molecule has 0 aromatic heterocycles. The number of rotatable bonds is 3. The summed E-state index contributed by atoms with van der Waals surface area (Å²) in [6, 6.07) is 0. The van der Waals surface area contributed by atoms with Crippen LogP contribution in [0.25, 0.3) is 0 Å². The zero-order valence-corrected chi connectivity index (χ0v) is 14.3. The lowest BCUT2D eigenvalue weighted by Crippen LogP contribution is -2.49. The van der Waals surface area contributed by atoms with Crippen LogP contribution in [0.1, 0.15) is 25.7 Å². The summed E-state index contributed by atoms with van der Waals surface area (Å²) in [6.07, 6.45) is 4.84. The molecule has 1 saturated carbocycles. The molecule has 0 aromatic rings. The number of halogens is 1. The Kier molecular flexibility index (Phi) is 6.39. The molecule has 3 atom stereocenters. The van der Waals surface area contributed by atoms with Crippen molar-refractivity contribution in [3.8, 4) is 0 Å². The Morgan fingerprint density at radius 3 is 3.05 bits per heavy atom. The number of hydrogen-bond donors (Lipinski definition) is 2. The molecule has 20 heavy (non-hydrogen) atoms. The molecule has 3 nitrogen and oxygen atoms in total. The van der Waals surface area contributed by atoms with Gasteiger partial charge in [-0.3, -0.25) is 4.79 Å². The first kappa shape index (κ1) is 16.8. The molecule has 3 rings (SSSR count). The topological polar surface area (TPSA) is 41.1 Å². The number of thioether (sulfide) groups is 2. The van der Waals surface area contributed by atoms with E-state index in [1.807, 2.05) is 23.5 Å². The van der Waals surface area contributed by atoms with Crippen LogP contribution in [0.2, 0.25) is 0 Å². The summed E-state index contributed by atoms with van der Waals surface area (Å²) in [6.45, 7) is 2.81. The molecule has 0 aromatic carbocycles. The number of carbonyl (C=O) groups is 1. The van der Waals surface area contributed by atoms with Crippen LogP contribution in [-0.4, -0.2) is 48.0 Å². The van der Waals surface area contributed by atoms with Crippen LogP contribution in [0.4, 0.5) is 0 Å². The van der Waals surface area contributed by atoms with Gasteiger partial charge >= 0.3 is 0 Å². The van der Waals surface area contributed by atoms with Gasteiger partial charge in [-0.05, 0) is 25.3 Å². The Morgan fingerprint density at radius 2 is 2.25 bits per heavy atom. The van der Waals surface area contributed by atoms with Crippen molar-refractivity contribution < 1.29 is 4.79 Å². The van der Waals surface area contributed by atoms with Crippen molar-refractivity contribution in [2.24, 2.45) is 11.3 Å². The highest BCUT2D eigenvalue weighted by Crippen LogP contribution is 2.43. The average molecular weight is 337 g/mol. The first-order chi connectivity index (χ1) is 9.31. The second kappa shape index (κ2) is 7.61. The van der Waals surface area contributed by atoms with Gasteiger partial charge in [-0.1, -0.05) is 12.8 Å². The van der Waals surface area contributed by atoms with Crippen molar-refractivity contribution >= 4 is 41.8 Å². The minimum absolute atomic E-state index is 0. The van der Waals surface area contributed by atoms with Gasteiger partial charge < -0.3 is 10.6 Å². The van der Waals surface area contributed by atoms with E-state index in [4.69, 9.17) is 0 Å². The van der Waals surface area contributed by atoms with Gasteiger partial charge in [0.2, 0.25) is 5.91 Å². The van der Waals surface area contributed by atoms with Crippen LogP contribution in [0.15, 0.2) is 0 Å². The van der Waals surface area contributed by atoms with Gasteiger partial charge in [0.25, 0.3) is 0 Å². The van der Waals surface area contributed by atoms with Crippen molar-refractivity contribution in [2.75, 3.05) is 36.9 Å². The van der Waals surface area contributed by atoms with E-state index in [2.05, 4.69) is 10.6 Å². The van der Waals surface area contributed by atoms with Crippen LogP contribution in [0.3, 0.4) is 0 Å². The van der Waals surface area contributed by atoms with E-state index in [0.717, 1.165) is 26.1 Å². The van der Waals surface area contributed by atoms with Crippen molar-refractivity contribution in [3.05, 3.63) is 0 Å². The van der Waals surface area contributed by atoms with Crippen LogP contribution in [-0.2, 0) is 4.79 Å². The summed E-state index contributed by atoms with van der Waals surface area (Å²) in [5.41, 5.74) is -0.0786. The molecule has 116 valence electrons. The van der Waals surface area contributed by atoms with Gasteiger partial charge in [-0.2, -0.15) is 23.5 Å². The molecular weight excluding hydrogens is 312 g/mol. The number of nitrogens with one attached hydrogen (secondary N) is 2. The van der Waals surface area contributed by atoms with Crippen molar-refractivity contribution in [1.82, 2.24) is 10.6 Å². The van der Waals surface area contributed by atoms with Crippen LogP contribution >= 0.6 is 35.9 Å². The smallest absolute Gasteiger partial charge is 0.227 e. The Bertz CT molecular complexity index is 339. The Hall–Kier alpha value is 0.420. The highest BCUT2D eigenvalue weighted by atomic mass is 35.5. The molecule has 1 unspecified atom stereocenters. The minimum atomic E-state index is -0.0786. The average Bonchev–Trinajstić information content (AvgIpc) is 2.91. The molecule has 3 aliphatic rings. The van der Waals surface area contributed by atoms with Crippen LogP contribution in [0.5, 0.6) is 0 Å². The van der Waals surface area contributed by atoms with E-state index in [-0.39, 0.29) is 17.8 Å². The number of fused-ring (bicyclic) bond motifs is 1. The largest absolute Gasteiger partial charge is 0.354 e. The van der Waals surface area contributed by atoms with Gasteiger partial charge in [0.15, 0.2) is 0 Å². The second-order valence-corrected chi connectivity index (χ2v) is 8.57. The molecular formula is C14H25ClN2OS2. The highest BCUT2D eigenvalue weighted by Gasteiger charge is 2.49. The predicted octanol–water partition coefficient (Wildman–Crippen LogP) is 2.15. The first-order valence-electron chi connectivity index (χ1n) is 7.50. The van der Waals surface area contributed by atoms with Crippen LogP contribution < -0.4 is 10.6 Å². The number of amides is 1. The molecule has 2 saturated heterocycles. The van der Waals surface area contributed by atoms with Gasteiger partial charge in [0.05, 0.1) is 5.41 Å². The lowest BCUT2D eigenvalue weighted by molar-refractivity contribution is -0.133. The van der Waals surface area contributed by atoms with E-state index in [0.29, 0.717) is 17.1 Å². The summed E-state index contributed by atoms with van der Waals surface area (Å²) >= 11 is 4.05. The number of hydrogen-bond acceptors (Lipinski definition) is 4. The minimum Gasteiger partial charge on any atom is -0.354 e. The maximum absolute atomic E-state index is 12.7. The lowest BCUT2D eigenvalue weighted by Gasteiger charge is -2.37. The normalized spacial score (nSPS) is 36.8. The van der Waals surface area contributed by atoms with Gasteiger partial charge in [0.1, 0.15) is 0 Å². The molecule has 0 radical (unpaired) electrons. The summed E-state index contributed by atoms with van der Waals surface area (Å²) in [4.78, 5) is 12.7. The van der Waals surface area contributed by atoms with E-state index < -0.39 is 0 Å². The lowest BCUT2D eigenvalue weighted by atomic mass is 9.67. The molecule has 1 amide bonds. The summed E-state index contributed by atoms with van der Waals surface area (Å²) in [5.74, 6) is 4.61. The molecule has 3 fully saturated rings. The van der Waals surface area contributed by atoms with Gasteiger partial charge in [-0.15, -0.1) is 12.4 Å². The zero-order chi connectivity index (χ0) is 13.1. The quantitative estimate of drug-likeness (QED) is 0.828. The molecule has 6 heteroatoms. The standard InChI is InChI=1S/C14H24N2OS2.ClH/c17-13(16-8-12-9-18-5-6-19-12)14-4-2-1-3-11(14)7-15-10-14;/h11-12,15H,1-10H2,(H,16,17);1H/t11-,12?,14+;/m0./s1. The third kappa shape index (κ3) is 3.42. The van der Waals surface area contributed by atoms with Crippen molar-refractivity contribution in [2.45, 2.75) is 30.9 Å². The maximum atomic E-state index is 12.7. The van der Waals surface area contributed by atoms with Crippen molar-refractivity contribution in [3.63, 3.8) is 0 Å². The fourth-order valence-electron chi connectivity index (χ4n) is 3.73. The molecule has 2 N–H and O–H groups in total. The number of carbonyl (C=O) groups excluding carboxylic acids is 1.